The number of non-ortho nitro benzene ring substituents is 1. The molecule has 27 heavy (non-hydrogen) atoms. The number of hydrogen-bond acceptors (Lipinski definition) is 6. The van der Waals surface area contributed by atoms with E-state index in [0.717, 1.165) is 23.8 Å². The summed E-state index contributed by atoms with van der Waals surface area (Å²) < 4.78 is 0. The molecule has 0 radical (unpaired) electrons. The third-order valence-corrected chi connectivity index (χ3v) is 3.76. The normalized spacial score (nSPS) is 10.1. The van der Waals surface area contributed by atoms with Crippen LogP contribution in [0.25, 0.3) is 0 Å². The quantitative estimate of drug-likeness (QED) is 0.564. The molecule has 0 aliphatic heterocycles. The predicted molar refractivity (Wildman–Crippen MR) is 96.5 cm³/mol. The second-order valence-corrected chi connectivity index (χ2v) is 5.54. The number of aryl methyl sites for hydroxylation is 1. The Morgan fingerprint density at radius 1 is 1.00 bits per heavy atom. The molecule has 0 spiro atoms. The van der Waals surface area contributed by atoms with E-state index in [1.807, 2.05) is 0 Å². The van der Waals surface area contributed by atoms with E-state index in [9.17, 15) is 29.8 Å². The van der Waals surface area contributed by atoms with Gasteiger partial charge in [0.15, 0.2) is 0 Å². The maximum Gasteiger partial charge on any atom is 0.289 e. The third kappa shape index (κ3) is 5.08. The Labute approximate surface area is 153 Å². The maximum absolute atomic E-state index is 12.3. The summed E-state index contributed by atoms with van der Waals surface area (Å²) in [6.07, 6.45) is 0.860. The SMILES string of the molecule is CNC(=O)CCc1ccc(NC(=O)c2ccc([N+](=O)[O-])cc2[N+](=O)[O-])cc1. The molecule has 140 valence electrons. The number of benzene rings is 2. The van der Waals surface area contributed by atoms with E-state index in [4.69, 9.17) is 0 Å². The molecule has 0 unspecified atom stereocenters. The lowest BCUT2D eigenvalue weighted by atomic mass is 10.1. The Bertz CT molecular complexity index is 895. The zero-order chi connectivity index (χ0) is 20.0. The van der Waals surface area contributed by atoms with Crippen molar-refractivity contribution in [3.05, 3.63) is 73.8 Å². The molecule has 0 aromatic heterocycles. The molecule has 2 aromatic rings. The van der Waals surface area contributed by atoms with Crippen LogP contribution >= 0.6 is 0 Å². The second-order valence-electron chi connectivity index (χ2n) is 5.54. The Kier molecular flexibility index (Phi) is 6.15. The molecule has 0 aliphatic rings. The zero-order valence-electron chi connectivity index (χ0n) is 14.3. The van der Waals surface area contributed by atoms with Crippen molar-refractivity contribution in [2.24, 2.45) is 0 Å². The van der Waals surface area contributed by atoms with Crippen molar-refractivity contribution in [1.29, 1.82) is 0 Å². The lowest BCUT2D eigenvalue weighted by Gasteiger charge is -2.07. The summed E-state index contributed by atoms with van der Waals surface area (Å²) in [4.78, 5) is 43.8. The summed E-state index contributed by atoms with van der Waals surface area (Å²) >= 11 is 0. The van der Waals surface area contributed by atoms with E-state index in [2.05, 4.69) is 10.6 Å². The first-order valence-electron chi connectivity index (χ1n) is 7.85. The number of carbonyl (C=O) groups excluding carboxylic acids is 2. The molecule has 10 heteroatoms. The first-order chi connectivity index (χ1) is 12.8. The fraction of sp³-hybridized carbons (Fsp3) is 0.176. The largest absolute Gasteiger partial charge is 0.359 e. The minimum absolute atomic E-state index is 0.0853. The van der Waals surface area contributed by atoms with Crippen molar-refractivity contribution in [3.8, 4) is 0 Å². The number of nitrogens with zero attached hydrogens (tertiary/aromatic N) is 2. The average Bonchev–Trinajstić information content (AvgIpc) is 2.66. The fourth-order valence-electron chi connectivity index (χ4n) is 2.31. The van der Waals surface area contributed by atoms with Crippen LogP contribution in [0.15, 0.2) is 42.5 Å². The Hall–Kier alpha value is -3.82. The number of carbonyl (C=O) groups is 2. The van der Waals surface area contributed by atoms with Gasteiger partial charge in [-0.2, -0.15) is 0 Å². The second kappa shape index (κ2) is 8.52. The summed E-state index contributed by atoms with van der Waals surface area (Å²) in [6, 6.07) is 9.48. The van der Waals surface area contributed by atoms with Crippen molar-refractivity contribution in [1.82, 2.24) is 5.32 Å². The summed E-state index contributed by atoms with van der Waals surface area (Å²) in [5.74, 6) is -0.840. The van der Waals surface area contributed by atoms with Gasteiger partial charge < -0.3 is 10.6 Å². The summed E-state index contributed by atoms with van der Waals surface area (Å²) in [5.41, 5.74) is -0.119. The van der Waals surface area contributed by atoms with E-state index in [-0.39, 0.29) is 11.5 Å². The smallest absolute Gasteiger partial charge is 0.289 e. The van der Waals surface area contributed by atoms with Crippen LogP contribution in [0, 0.1) is 20.2 Å². The average molecular weight is 372 g/mol. The molecule has 0 saturated heterocycles. The monoisotopic (exact) mass is 372 g/mol. The van der Waals surface area contributed by atoms with Crippen LogP contribution in [0.2, 0.25) is 0 Å². The topological polar surface area (TPSA) is 144 Å². The molecule has 2 amide bonds. The molecule has 10 nitrogen and oxygen atoms in total. The van der Waals surface area contributed by atoms with Gasteiger partial charge in [-0.15, -0.1) is 0 Å². The number of nitro benzene ring substituents is 2. The van der Waals surface area contributed by atoms with Crippen LogP contribution in [0.4, 0.5) is 17.1 Å². The van der Waals surface area contributed by atoms with Crippen LogP contribution in [-0.2, 0) is 11.2 Å². The van der Waals surface area contributed by atoms with Crippen LogP contribution in [0.1, 0.15) is 22.3 Å². The van der Waals surface area contributed by atoms with Crippen LogP contribution in [0.5, 0.6) is 0 Å². The van der Waals surface area contributed by atoms with E-state index in [1.165, 1.54) is 0 Å². The maximum atomic E-state index is 12.3. The molecule has 0 atom stereocenters. The van der Waals surface area contributed by atoms with Crippen molar-refractivity contribution in [2.75, 3.05) is 12.4 Å². The first-order valence-corrected chi connectivity index (χ1v) is 7.85. The minimum Gasteiger partial charge on any atom is -0.359 e. The predicted octanol–water partition coefficient (Wildman–Crippen LogP) is 2.43. The van der Waals surface area contributed by atoms with Gasteiger partial charge in [-0.25, -0.2) is 0 Å². The van der Waals surface area contributed by atoms with E-state index < -0.39 is 27.1 Å². The Morgan fingerprint density at radius 2 is 1.67 bits per heavy atom. The van der Waals surface area contributed by atoms with Crippen molar-refractivity contribution < 1.29 is 19.4 Å². The zero-order valence-corrected chi connectivity index (χ0v) is 14.3. The van der Waals surface area contributed by atoms with Crippen molar-refractivity contribution in [3.63, 3.8) is 0 Å². The Morgan fingerprint density at radius 3 is 2.22 bits per heavy atom. The number of hydrogen-bond donors (Lipinski definition) is 2. The molecule has 0 fully saturated rings. The summed E-state index contributed by atoms with van der Waals surface area (Å²) in [5, 5.41) is 26.9. The third-order valence-electron chi connectivity index (χ3n) is 3.76. The van der Waals surface area contributed by atoms with Gasteiger partial charge >= 0.3 is 0 Å². The van der Waals surface area contributed by atoms with Gasteiger partial charge in [0.2, 0.25) is 5.91 Å². The highest BCUT2D eigenvalue weighted by Crippen LogP contribution is 2.25. The standard InChI is InChI=1S/C17H16N4O6/c1-18-16(22)9-4-11-2-5-12(6-3-11)19-17(23)14-8-7-13(20(24)25)10-15(14)21(26)27/h2-3,5-8,10H,4,9H2,1H3,(H,18,22)(H,19,23). The molecule has 2 aromatic carbocycles. The van der Waals surface area contributed by atoms with Crippen LogP contribution < -0.4 is 10.6 Å². The first kappa shape index (κ1) is 19.5. The van der Waals surface area contributed by atoms with Gasteiger partial charge in [-0.05, 0) is 30.2 Å². The highest BCUT2D eigenvalue weighted by molar-refractivity contribution is 6.07. The van der Waals surface area contributed by atoms with Gasteiger partial charge in [0.05, 0.1) is 15.9 Å². The highest BCUT2D eigenvalue weighted by atomic mass is 16.6. The van der Waals surface area contributed by atoms with E-state index in [0.29, 0.717) is 18.5 Å². The molecule has 0 bridgehead atoms. The molecule has 2 rings (SSSR count). The highest BCUT2D eigenvalue weighted by Gasteiger charge is 2.24. The summed E-state index contributed by atoms with van der Waals surface area (Å²) in [6.45, 7) is 0. The number of rotatable bonds is 7. The van der Waals surface area contributed by atoms with Gasteiger partial charge in [-0.3, -0.25) is 29.8 Å². The van der Waals surface area contributed by atoms with Gasteiger partial charge in [0.25, 0.3) is 17.3 Å². The molecular weight excluding hydrogens is 356 g/mol. The number of nitro groups is 2. The van der Waals surface area contributed by atoms with E-state index in [1.54, 1.807) is 31.3 Å². The van der Waals surface area contributed by atoms with Crippen molar-refractivity contribution >= 4 is 28.9 Å². The molecule has 0 saturated carbocycles. The lowest BCUT2D eigenvalue weighted by Crippen LogP contribution is -2.18. The fourth-order valence-corrected chi connectivity index (χ4v) is 2.31. The van der Waals surface area contributed by atoms with Gasteiger partial charge in [-0.1, -0.05) is 12.1 Å². The molecule has 2 N–H and O–H groups in total. The van der Waals surface area contributed by atoms with Crippen LogP contribution in [-0.4, -0.2) is 28.7 Å². The lowest BCUT2D eigenvalue weighted by molar-refractivity contribution is -0.394. The number of nitrogens with one attached hydrogen (secondary N) is 2. The minimum atomic E-state index is -0.843. The van der Waals surface area contributed by atoms with E-state index >= 15 is 0 Å². The van der Waals surface area contributed by atoms with Gasteiger partial charge in [0, 0.05) is 25.2 Å². The molecule has 0 heterocycles. The number of anilines is 1. The Balaban J connectivity index is 2.14. The summed E-state index contributed by atoms with van der Waals surface area (Å²) in [7, 11) is 1.55. The molecular formula is C17H16N4O6. The van der Waals surface area contributed by atoms with Gasteiger partial charge in [0.1, 0.15) is 5.56 Å². The number of amides is 2. The van der Waals surface area contributed by atoms with Crippen molar-refractivity contribution in [2.45, 2.75) is 12.8 Å². The molecule has 0 aliphatic carbocycles. The van der Waals surface area contributed by atoms with Crippen LogP contribution in [0.3, 0.4) is 0 Å².